The standard InChI is InChI=1S/C25H22ClN3O4/c1-16(30)32-33-21-13-19(14-21)25-28-22(23-24(26)27-10-11-29(23)25)18-8-5-9-20(12-18)31-15-17-6-3-2-4-7-17/h2-12,19,21H,13-15H2,1H3. The molecule has 1 aliphatic rings. The lowest BCUT2D eigenvalue weighted by Crippen LogP contribution is -2.31. The van der Waals surface area contributed by atoms with E-state index in [9.17, 15) is 4.79 Å². The number of carbonyl (C=O) groups excluding carboxylic acids is 1. The first-order valence-electron chi connectivity index (χ1n) is 10.7. The van der Waals surface area contributed by atoms with Gasteiger partial charge in [-0.15, -0.1) is 0 Å². The Morgan fingerprint density at radius 3 is 2.76 bits per heavy atom. The SMILES string of the molecule is CC(=O)OOC1CC(c2nc(-c3cccc(OCc4ccccc4)c3)c3c(Cl)nccn23)C1. The summed E-state index contributed by atoms with van der Waals surface area (Å²) in [4.78, 5) is 30.0. The van der Waals surface area contributed by atoms with E-state index in [0.717, 1.165) is 33.9 Å². The van der Waals surface area contributed by atoms with E-state index in [4.69, 9.17) is 26.2 Å². The Morgan fingerprint density at radius 2 is 1.97 bits per heavy atom. The maximum absolute atomic E-state index is 11.0. The van der Waals surface area contributed by atoms with E-state index in [1.165, 1.54) is 6.92 Å². The Balaban J connectivity index is 1.41. The first-order chi connectivity index (χ1) is 16.1. The third kappa shape index (κ3) is 4.55. The normalized spacial score (nSPS) is 17.5. The lowest BCUT2D eigenvalue weighted by molar-refractivity contribution is -0.310. The van der Waals surface area contributed by atoms with Crippen molar-refractivity contribution in [2.45, 2.75) is 38.4 Å². The molecule has 0 saturated heterocycles. The predicted octanol–water partition coefficient (Wildman–Crippen LogP) is 5.37. The molecule has 0 aliphatic heterocycles. The van der Waals surface area contributed by atoms with Gasteiger partial charge in [0.2, 0.25) is 0 Å². The Bertz CT molecular complexity index is 1290. The highest BCUT2D eigenvalue weighted by Gasteiger charge is 2.36. The number of ether oxygens (including phenoxy) is 1. The topological polar surface area (TPSA) is 75.0 Å². The molecular weight excluding hydrogens is 442 g/mol. The summed E-state index contributed by atoms with van der Waals surface area (Å²) in [5.74, 6) is 1.32. The van der Waals surface area contributed by atoms with Crippen LogP contribution in [0.1, 0.15) is 37.1 Å². The molecule has 4 aromatic rings. The molecule has 7 nitrogen and oxygen atoms in total. The number of carbonyl (C=O) groups is 1. The van der Waals surface area contributed by atoms with Gasteiger partial charge in [-0.25, -0.2) is 14.8 Å². The van der Waals surface area contributed by atoms with Crippen molar-refractivity contribution in [2.24, 2.45) is 0 Å². The summed E-state index contributed by atoms with van der Waals surface area (Å²) < 4.78 is 7.98. The molecule has 0 N–H and O–H groups in total. The molecule has 2 aromatic carbocycles. The Morgan fingerprint density at radius 1 is 1.15 bits per heavy atom. The van der Waals surface area contributed by atoms with Crippen molar-refractivity contribution < 1.29 is 19.3 Å². The van der Waals surface area contributed by atoms with Gasteiger partial charge in [-0.2, -0.15) is 4.89 Å². The zero-order chi connectivity index (χ0) is 22.8. The summed E-state index contributed by atoms with van der Waals surface area (Å²) in [5, 5.41) is 0.383. The fourth-order valence-electron chi connectivity index (χ4n) is 3.98. The summed E-state index contributed by atoms with van der Waals surface area (Å²) in [6.45, 7) is 1.80. The van der Waals surface area contributed by atoms with Crippen LogP contribution >= 0.6 is 11.6 Å². The maximum atomic E-state index is 11.0. The number of rotatable bonds is 7. The number of hydrogen-bond acceptors (Lipinski definition) is 6. The van der Waals surface area contributed by atoms with Crippen LogP contribution in [-0.4, -0.2) is 26.4 Å². The Hall–Kier alpha value is -3.42. The minimum Gasteiger partial charge on any atom is -0.489 e. The van der Waals surface area contributed by atoms with Gasteiger partial charge in [0.15, 0.2) is 5.15 Å². The van der Waals surface area contributed by atoms with Crippen molar-refractivity contribution in [1.29, 1.82) is 0 Å². The molecule has 1 saturated carbocycles. The zero-order valence-electron chi connectivity index (χ0n) is 18.0. The minimum absolute atomic E-state index is 0.137. The molecule has 1 aliphatic carbocycles. The quantitative estimate of drug-likeness (QED) is 0.271. The molecule has 0 unspecified atom stereocenters. The highest BCUT2D eigenvalue weighted by molar-refractivity contribution is 6.33. The largest absolute Gasteiger partial charge is 0.489 e. The van der Waals surface area contributed by atoms with Crippen molar-refractivity contribution in [3.63, 3.8) is 0 Å². The van der Waals surface area contributed by atoms with Crippen molar-refractivity contribution in [2.75, 3.05) is 0 Å². The first kappa shape index (κ1) is 21.4. The number of imidazole rings is 1. The lowest BCUT2D eigenvalue weighted by atomic mass is 9.82. The molecule has 33 heavy (non-hydrogen) atoms. The van der Waals surface area contributed by atoms with E-state index in [1.54, 1.807) is 6.20 Å². The zero-order valence-corrected chi connectivity index (χ0v) is 18.7. The van der Waals surface area contributed by atoms with Gasteiger partial charge in [0, 0.05) is 30.8 Å². The molecule has 8 heteroatoms. The van der Waals surface area contributed by atoms with Crippen molar-refractivity contribution >= 4 is 23.1 Å². The molecule has 0 bridgehead atoms. The average molecular weight is 464 g/mol. The van der Waals surface area contributed by atoms with Crippen LogP contribution in [0, 0.1) is 0 Å². The number of fused-ring (bicyclic) bond motifs is 1. The van der Waals surface area contributed by atoms with Crippen LogP contribution in [0.15, 0.2) is 67.0 Å². The second kappa shape index (κ2) is 9.21. The third-order valence-corrected chi connectivity index (χ3v) is 5.93. The van der Waals surface area contributed by atoms with Crippen molar-refractivity contribution in [1.82, 2.24) is 14.4 Å². The van der Waals surface area contributed by atoms with Crippen LogP contribution < -0.4 is 4.74 Å². The molecular formula is C25H22ClN3O4. The number of nitrogens with zero attached hydrogens (tertiary/aromatic N) is 3. The second-order valence-electron chi connectivity index (χ2n) is 8.02. The van der Waals surface area contributed by atoms with Crippen molar-refractivity contribution in [3.05, 3.63) is 83.5 Å². The minimum atomic E-state index is -0.459. The van der Waals surface area contributed by atoms with Gasteiger partial charge in [0.25, 0.3) is 0 Å². The van der Waals surface area contributed by atoms with Gasteiger partial charge >= 0.3 is 5.97 Å². The van der Waals surface area contributed by atoms with Gasteiger partial charge < -0.3 is 4.74 Å². The molecule has 0 amide bonds. The van der Waals surface area contributed by atoms with E-state index in [2.05, 4.69) is 9.87 Å². The average Bonchev–Trinajstić information content (AvgIpc) is 3.18. The van der Waals surface area contributed by atoms with Crippen LogP contribution in [-0.2, 0) is 21.2 Å². The fraction of sp³-hybridized carbons (Fsp3) is 0.240. The van der Waals surface area contributed by atoms with Gasteiger partial charge in [0.05, 0.1) is 5.69 Å². The Kier molecular flexibility index (Phi) is 5.98. The molecule has 2 heterocycles. The van der Waals surface area contributed by atoms with Gasteiger partial charge in [0.1, 0.15) is 29.8 Å². The second-order valence-corrected chi connectivity index (χ2v) is 8.38. The monoisotopic (exact) mass is 463 g/mol. The van der Waals surface area contributed by atoms with E-state index in [1.807, 2.05) is 65.2 Å². The number of aromatic nitrogens is 3. The van der Waals surface area contributed by atoms with E-state index in [0.29, 0.717) is 24.6 Å². The fourth-order valence-corrected chi connectivity index (χ4v) is 4.22. The number of hydrogen-bond donors (Lipinski definition) is 0. The maximum Gasteiger partial charge on any atom is 0.339 e. The molecule has 0 spiro atoms. The van der Waals surface area contributed by atoms with Gasteiger partial charge in [-0.05, 0) is 30.5 Å². The molecule has 5 rings (SSSR count). The van der Waals surface area contributed by atoms with Crippen molar-refractivity contribution in [3.8, 4) is 17.0 Å². The summed E-state index contributed by atoms with van der Waals surface area (Å²) >= 11 is 6.50. The highest BCUT2D eigenvalue weighted by Crippen LogP contribution is 2.41. The smallest absolute Gasteiger partial charge is 0.339 e. The molecule has 168 valence electrons. The summed E-state index contributed by atoms with van der Waals surface area (Å²) in [6.07, 6.45) is 4.79. The third-order valence-electron chi connectivity index (χ3n) is 5.65. The van der Waals surface area contributed by atoms with Crippen LogP contribution in [0.4, 0.5) is 0 Å². The molecule has 0 atom stereocenters. The molecule has 0 radical (unpaired) electrons. The molecule has 1 fully saturated rings. The molecule has 2 aromatic heterocycles. The van der Waals surface area contributed by atoms with E-state index in [-0.39, 0.29) is 12.0 Å². The summed E-state index contributed by atoms with van der Waals surface area (Å²) in [7, 11) is 0. The summed E-state index contributed by atoms with van der Waals surface area (Å²) in [6, 6.07) is 17.8. The van der Waals surface area contributed by atoms with Gasteiger partial charge in [-0.1, -0.05) is 54.1 Å². The first-order valence-corrected chi connectivity index (χ1v) is 11.1. The highest BCUT2D eigenvalue weighted by atomic mass is 35.5. The Labute approximate surface area is 195 Å². The van der Waals surface area contributed by atoms with Crippen LogP contribution in [0.5, 0.6) is 5.75 Å². The van der Waals surface area contributed by atoms with Crippen LogP contribution in [0.2, 0.25) is 5.15 Å². The van der Waals surface area contributed by atoms with E-state index >= 15 is 0 Å². The summed E-state index contributed by atoms with van der Waals surface area (Å²) in [5.41, 5.74) is 3.49. The van der Waals surface area contributed by atoms with Gasteiger partial charge in [-0.3, -0.25) is 9.29 Å². The van der Waals surface area contributed by atoms with Crippen LogP contribution in [0.25, 0.3) is 16.8 Å². The number of halogens is 1. The van der Waals surface area contributed by atoms with E-state index < -0.39 is 5.97 Å². The number of benzene rings is 2. The predicted molar refractivity (Wildman–Crippen MR) is 123 cm³/mol. The van der Waals surface area contributed by atoms with Crippen LogP contribution in [0.3, 0.4) is 0 Å². The lowest BCUT2D eigenvalue weighted by Gasteiger charge is -2.32.